The van der Waals surface area contributed by atoms with Crippen LogP contribution in [0.5, 0.6) is 0 Å². The Morgan fingerprint density at radius 1 is 1.20 bits per heavy atom. The van der Waals surface area contributed by atoms with Crippen LogP contribution in [0.15, 0.2) is 42.6 Å². The van der Waals surface area contributed by atoms with E-state index in [0.29, 0.717) is 17.3 Å². The molecule has 25 heavy (non-hydrogen) atoms. The van der Waals surface area contributed by atoms with Gasteiger partial charge in [-0.15, -0.1) is 0 Å². The molecule has 0 saturated heterocycles. The van der Waals surface area contributed by atoms with E-state index < -0.39 is 0 Å². The van der Waals surface area contributed by atoms with Crippen molar-refractivity contribution in [3.63, 3.8) is 0 Å². The van der Waals surface area contributed by atoms with Gasteiger partial charge in [0.1, 0.15) is 17.3 Å². The maximum atomic E-state index is 12.3. The molecule has 0 radical (unpaired) electrons. The number of carbonyl (C=O) groups is 1. The number of carbonyl (C=O) groups excluding carboxylic acids is 1. The van der Waals surface area contributed by atoms with Crippen LogP contribution in [0.4, 0.5) is 11.5 Å². The summed E-state index contributed by atoms with van der Waals surface area (Å²) in [6, 6.07) is 11.6. The minimum absolute atomic E-state index is 0.0986. The van der Waals surface area contributed by atoms with E-state index in [-0.39, 0.29) is 11.9 Å². The van der Waals surface area contributed by atoms with Crippen molar-refractivity contribution in [2.75, 3.05) is 5.32 Å². The first kappa shape index (κ1) is 16.8. The highest BCUT2D eigenvalue weighted by Gasteiger charge is 2.13. The van der Waals surface area contributed by atoms with Crippen molar-refractivity contribution >= 4 is 28.3 Å². The number of benzene rings is 1. The molecule has 1 amide bonds. The van der Waals surface area contributed by atoms with Crippen LogP contribution in [0.25, 0.3) is 10.9 Å². The van der Waals surface area contributed by atoms with Gasteiger partial charge in [-0.05, 0) is 32.4 Å². The summed E-state index contributed by atoms with van der Waals surface area (Å²) in [6.07, 6.45) is 2.62. The minimum atomic E-state index is -0.195. The van der Waals surface area contributed by atoms with Gasteiger partial charge in [0, 0.05) is 23.7 Å². The van der Waals surface area contributed by atoms with E-state index in [0.717, 1.165) is 23.0 Å². The van der Waals surface area contributed by atoms with Crippen LogP contribution in [0.2, 0.25) is 0 Å². The predicted octanol–water partition coefficient (Wildman–Crippen LogP) is 3.61. The Morgan fingerprint density at radius 2 is 2.00 bits per heavy atom. The van der Waals surface area contributed by atoms with Crippen molar-refractivity contribution in [3.8, 4) is 0 Å². The highest BCUT2D eigenvalue weighted by molar-refractivity contribution is 5.94. The summed E-state index contributed by atoms with van der Waals surface area (Å²) in [5.41, 5.74) is 2.04. The number of hydrogen-bond donors (Lipinski definition) is 2. The first-order chi connectivity index (χ1) is 12.1. The Kier molecular flexibility index (Phi) is 4.88. The minimum Gasteiger partial charge on any atom is -0.348 e. The number of para-hydroxylation sites is 1. The maximum absolute atomic E-state index is 12.3. The van der Waals surface area contributed by atoms with E-state index in [2.05, 4.69) is 25.6 Å². The number of nitrogens with zero attached hydrogens (tertiary/aromatic N) is 3. The Morgan fingerprint density at radius 3 is 2.80 bits per heavy atom. The van der Waals surface area contributed by atoms with E-state index in [1.165, 1.54) is 0 Å². The molecular formula is C19H21N5O. The zero-order chi connectivity index (χ0) is 17.8. The van der Waals surface area contributed by atoms with Crippen molar-refractivity contribution in [3.05, 3.63) is 54.1 Å². The first-order valence-corrected chi connectivity index (χ1v) is 8.34. The molecule has 1 aromatic carbocycles. The number of rotatable bonds is 5. The van der Waals surface area contributed by atoms with Crippen molar-refractivity contribution in [2.45, 2.75) is 33.2 Å². The molecule has 1 atom stereocenters. The highest BCUT2D eigenvalue weighted by atomic mass is 16.1. The summed E-state index contributed by atoms with van der Waals surface area (Å²) >= 11 is 0. The average molecular weight is 335 g/mol. The number of aryl methyl sites for hydroxylation is 1. The third-order valence-electron chi connectivity index (χ3n) is 3.96. The molecule has 2 heterocycles. The smallest absolute Gasteiger partial charge is 0.270 e. The summed E-state index contributed by atoms with van der Waals surface area (Å²) < 4.78 is 0. The number of anilines is 2. The van der Waals surface area contributed by atoms with Gasteiger partial charge in [0.15, 0.2) is 0 Å². The van der Waals surface area contributed by atoms with E-state index >= 15 is 0 Å². The molecule has 0 spiro atoms. The second-order valence-corrected chi connectivity index (χ2v) is 5.97. The first-order valence-electron chi connectivity index (χ1n) is 8.34. The second kappa shape index (κ2) is 7.25. The van der Waals surface area contributed by atoms with Gasteiger partial charge in [-0.25, -0.2) is 9.97 Å². The Hall–Kier alpha value is -3.02. The number of fused-ring (bicyclic) bond motifs is 1. The average Bonchev–Trinajstić information content (AvgIpc) is 2.61. The lowest BCUT2D eigenvalue weighted by molar-refractivity contribution is 0.0934. The van der Waals surface area contributed by atoms with Gasteiger partial charge in [0.2, 0.25) is 0 Å². The molecule has 1 unspecified atom stereocenters. The number of hydrogen-bond acceptors (Lipinski definition) is 5. The normalized spacial score (nSPS) is 12.0. The molecule has 3 rings (SSSR count). The number of nitrogens with one attached hydrogen (secondary N) is 2. The van der Waals surface area contributed by atoms with Gasteiger partial charge in [0.05, 0.1) is 11.2 Å². The largest absolute Gasteiger partial charge is 0.348 e. The molecule has 0 aliphatic carbocycles. The lowest BCUT2D eigenvalue weighted by Gasteiger charge is -2.13. The molecule has 6 heteroatoms. The van der Waals surface area contributed by atoms with Gasteiger partial charge in [-0.2, -0.15) is 0 Å². The summed E-state index contributed by atoms with van der Waals surface area (Å²) in [6.45, 7) is 5.76. The topological polar surface area (TPSA) is 79.8 Å². The predicted molar refractivity (Wildman–Crippen MR) is 99.0 cm³/mol. The van der Waals surface area contributed by atoms with E-state index in [1.54, 1.807) is 19.2 Å². The zero-order valence-electron chi connectivity index (χ0n) is 14.6. The van der Waals surface area contributed by atoms with Crippen molar-refractivity contribution in [1.82, 2.24) is 20.3 Å². The quantitative estimate of drug-likeness (QED) is 0.744. The molecule has 6 nitrogen and oxygen atoms in total. The van der Waals surface area contributed by atoms with Gasteiger partial charge in [0.25, 0.3) is 5.91 Å². The SMILES string of the molecule is CCC(C)NC(=O)c1cc(Nc2cccc3cccnc23)nc(C)n1. The van der Waals surface area contributed by atoms with Crippen LogP contribution in [-0.2, 0) is 0 Å². The van der Waals surface area contributed by atoms with E-state index in [1.807, 2.05) is 44.2 Å². The van der Waals surface area contributed by atoms with Crippen LogP contribution in [0.3, 0.4) is 0 Å². The molecule has 0 saturated carbocycles. The number of aromatic nitrogens is 3. The monoisotopic (exact) mass is 335 g/mol. The third kappa shape index (κ3) is 3.91. The molecule has 128 valence electrons. The molecule has 0 aliphatic rings. The summed E-state index contributed by atoms with van der Waals surface area (Å²) in [4.78, 5) is 25.4. The van der Waals surface area contributed by atoms with Gasteiger partial charge in [-0.3, -0.25) is 9.78 Å². The van der Waals surface area contributed by atoms with E-state index in [9.17, 15) is 4.79 Å². The molecule has 0 bridgehead atoms. The van der Waals surface area contributed by atoms with Gasteiger partial charge in [-0.1, -0.05) is 25.1 Å². The highest BCUT2D eigenvalue weighted by Crippen LogP contribution is 2.24. The van der Waals surface area contributed by atoms with Crippen molar-refractivity contribution in [2.24, 2.45) is 0 Å². The zero-order valence-corrected chi connectivity index (χ0v) is 14.6. The molecular weight excluding hydrogens is 314 g/mol. The number of pyridine rings is 1. The second-order valence-electron chi connectivity index (χ2n) is 5.97. The van der Waals surface area contributed by atoms with Crippen LogP contribution in [0.1, 0.15) is 36.6 Å². The molecule has 0 fully saturated rings. The Labute approximate surface area is 146 Å². The van der Waals surface area contributed by atoms with Crippen LogP contribution < -0.4 is 10.6 Å². The lowest BCUT2D eigenvalue weighted by Crippen LogP contribution is -2.32. The molecule has 2 aromatic heterocycles. The molecule has 3 aromatic rings. The summed E-state index contributed by atoms with van der Waals surface area (Å²) in [5, 5.41) is 7.22. The van der Waals surface area contributed by atoms with Gasteiger partial charge >= 0.3 is 0 Å². The van der Waals surface area contributed by atoms with Crippen molar-refractivity contribution < 1.29 is 4.79 Å². The van der Waals surface area contributed by atoms with Crippen LogP contribution >= 0.6 is 0 Å². The van der Waals surface area contributed by atoms with Crippen molar-refractivity contribution in [1.29, 1.82) is 0 Å². The van der Waals surface area contributed by atoms with E-state index in [4.69, 9.17) is 0 Å². The Balaban J connectivity index is 1.91. The fraction of sp³-hybridized carbons (Fsp3) is 0.263. The summed E-state index contributed by atoms with van der Waals surface area (Å²) in [7, 11) is 0. The molecule has 2 N–H and O–H groups in total. The standard InChI is InChI=1S/C19H21N5O/c1-4-12(2)21-19(25)16-11-17(23-13(3)22-16)24-15-9-5-7-14-8-6-10-20-18(14)15/h5-12H,4H2,1-3H3,(H,21,25)(H,22,23,24). The fourth-order valence-electron chi connectivity index (χ4n) is 2.49. The lowest BCUT2D eigenvalue weighted by atomic mass is 10.2. The molecule has 0 aliphatic heterocycles. The third-order valence-corrected chi connectivity index (χ3v) is 3.96. The number of amides is 1. The summed E-state index contributed by atoms with van der Waals surface area (Å²) in [5.74, 6) is 0.909. The van der Waals surface area contributed by atoms with Crippen LogP contribution in [-0.4, -0.2) is 26.9 Å². The van der Waals surface area contributed by atoms with Crippen LogP contribution in [0, 0.1) is 6.92 Å². The van der Waals surface area contributed by atoms with Gasteiger partial charge < -0.3 is 10.6 Å². The fourth-order valence-corrected chi connectivity index (χ4v) is 2.49. The maximum Gasteiger partial charge on any atom is 0.270 e. The Bertz CT molecular complexity index is 904.